The lowest BCUT2D eigenvalue weighted by atomic mass is 10.1. The van der Waals surface area contributed by atoms with Gasteiger partial charge in [0.05, 0.1) is 0 Å². The van der Waals surface area contributed by atoms with Gasteiger partial charge in [-0.1, -0.05) is 12.2 Å². The molecule has 0 saturated heterocycles. The molecule has 45 valence electrons. The first kappa shape index (κ1) is 5.83. The van der Waals surface area contributed by atoms with Gasteiger partial charge in [0, 0.05) is 12.5 Å². The van der Waals surface area contributed by atoms with Crippen molar-refractivity contribution in [3.05, 3.63) is 18.6 Å². The molecule has 1 atom stereocenters. The zero-order valence-corrected chi connectivity index (χ0v) is 4.93. The Morgan fingerprint density at radius 3 is 2.88 bits per heavy atom. The van der Waals surface area contributed by atoms with Gasteiger partial charge in [-0.15, -0.1) is 0 Å². The molecule has 1 aliphatic rings. The number of hydrogen-bond donors (Lipinski definition) is 1. The Labute approximate surface area is 50.0 Å². The van der Waals surface area contributed by atoms with E-state index < -0.39 is 0 Å². The number of rotatable bonds is 1. The molecule has 0 aliphatic heterocycles. The Hall–Kier alpha value is -0.300. The molecule has 8 heavy (non-hydrogen) atoms. The molecule has 1 aliphatic carbocycles. The van der Waals surface area contributed by atoms with Gasteiger partial charge in [-0.25, -0.2) is 0 Å². The summed E-state index contributed by atoms with van der Waals surface area (Å²) in [5.41, 5.74) is 1.12. The molecule has 1 nitrogen and oxygen atoms in total. The summed E-state index contributed by atoms with van der Waals surface area (Å²) in [7, 11) is 0. The zero-order chi connectivity index (χ0) is 5.98. The third-order valence-electron chi connectivity index (χ3n) is 1.67. The summed E-state index contributed by atoms with van der Waals surface area (Å²) in [6.45, 7) is 4.06. The largest absolute Gasteiger partial charge is 0.396 e. The fourth-order valence-electron chi connectivity index (χ4n) is 1.03. The molecule has 1 rings (SSSR count). The minimum Gasteiger partial charge on any atom is -0.396 e. The molecule has 0 heterocycles. The van der Waals surface area contributed by atoms with Crippen LogP contribution in [-0.4, -0.2) is 11.7 Å². The molecule has 1 heteroatoms. The second-order valence-corrected chi connectivity index (χ2v) is 2.24. The van der Waals surface area contributed by atoms with Gasteiger partial charge < -0.3 is 5.11 Å². The first-order valence-corrected chi connectivity index (χ1v) is 2.97. The average Bonchev–Trinajstić information content (AvgIpc) is 2.14. The lowest BCUT2D eigenvalue weighted by Crippen LogP contribution is -2.00. The summed E-state index contributed by atoms with van der Waals surface area (Å²) in [6, 6.07) is 0. The summed E-state index contributed by atoms with van der Waals surface area (Å²) in [4.78, 5) is 0. The Bertz CT molecular complexity index is 96.6. The maximum absolute atomic E-state index is 8.66. The van der Waals surface area contributed by atoms with Gasteiger partial charge in [0.1, 0.15) is 0 Å². The fraction of sp³-hybridized carbons (Fsp3) is 0.571. The van der Waals surface area contributed by atoms with E-state index in [2.05, 4.69) is 13.0 Å². The van der Waals surface area contributed by atoms with Crippen LogP contribution in [0.2, 0.25) is 0 Å². The first-order chi connectivity index (χ1) is 3.84. The number of aliphatic hydroxyl groups is 1. The Morgan fingerprint density at radius 2 is 2.62 bits per heavy atom. The SMILES string of the molecule is C=C1[CH]CCC1CO. The van der Waals surface area contributed by atoms with E-state index in [1.54, 1.807) is 0 Å². The van der Waals surface area contributed by atoms with Crippen LogP contribution in [0.15, 0.2) is 12.2 Å². The van der Waals surface area contributed by atoms with Crippen molar-refractivity contribution >= 4 is 0 Å². The molecule has 0 bridgehead atoms. The highest BCUT2D eigenvalue weighted by atomic mass is 16.3. The van der Waals surface area contributed by atoms with Crippen molar-refractivity contribution in [3.8, 4) is 0 Å². The minimum atomic E-state index is 0.273. The van der Waals surface area contributed by atoms with Gasteiger partial charge in [0.15, 0.2) is 0 Å². The van der Waals surface area contributed by atoms with Gasteiger partial charge >= 0.3 is 0 Å². The molecule has 1 unspecified atom stereocenters. The van der Waals surface area contributed by atoms with Crippen molar-refractivity contribution in [3.63, 3.8) is 0 Å². The summed E-state index contributed by atoms with van der Waals surface area (Å²) in [5, 5.41) is 8.66. The van der Waals surface area contributed by atoms with Crippen molar-refractivity contribution in [1.29, 1.82) is 0 Å². The van der Waals surface area contributed by atoms with Gasteiger partial charge in [-0.2, -0.15) is 0 Å². The van der Waals surface area contributed by atoms with Gasteiger partial charge in [-0.3, -0.25) is 0 Å². The van der Waals surface area contributed by atoms with E-state index in [-0.39, 0.29) is 6.61 Å². The predicted molar refractivity (Wildman–Crippen MR) is 33.2 cm³/mol. The van der Waals surface area contributed by atoms with Crippen molar-refractivity contribution in [2.75, 3.05) is 6.61 Å². The van der Waals surface area contributed by atoms with E-state index >= 15 is 0 Å². The van der Waals surface area contributed by atoms with E-state index in [4.69, 9.17) is 5.11 Å². The standard InChI is InChI=1S/C7H11O/c1-6-3-2-4-7(6)5-8/h3,7-8H,1-2,4-5H2. The van der Waals surface area contributed by atoms with Gasteiger partial charge in [-0.05, 0) is 19.3 Å². The molecular weight excluding hydrogens is 100 g/mol. The summed E-state index contributed by atoms with van der Waals surface area (Å²) >= 11 is 0. The lowest BCUT2D eigenvalue weighted by molar-refractivity contribution is 0.249. The monoisotopic (exact) mass is 111 g/mol. The molecule has 1 N–H and O–H groups in total. The van der Waals surface area contributed by atoms with E-state index in [0.717, 1.165) is 18.4 Å². The van der Waals surface area contributed by atoms with Crippen molar-refractivity contribution in [1.82, 2.24) is 0 Å². The third kappa shape index (κ3) is 0.920. The van der Waals surface area contributed by atoms with Crippen molar-refractivity contribution in [2.24, 2.45) is 5.92 Å². The smallest absolute Gasteiger partial charge is 0.0496 e. The highest BCUT2D eigenvalue weighted by Crippen LogP contribution is 2.27. The second kappa shape index (κ2) is 2.31. The zero-order valence-electron chi connectivity index (χ0n) is 4.93. The maximum Gasteiger partial charge on any atom is 0.0496 e. The van der Waals surface area contributed by atoms with Crippen LogP contribution in [0, 0.1) is 12.3 Å². The van der Waals surface area contributed by atoms with Gasteiger partial charge in [0.2, 0.25) is 0 Å². The normalized spacial score (nSPS) is 29.1. The Morgan fingerprint density at radius 1 is 1.88 bits per heavy atom. The van der Waals surface area contributed by atoms with Crippen LogP contribution in [0.4, 0.5) is 0 Å². The third-order valence-corrected chi connectivity index (χ3v) is 1.67. The maximum atomic E-state index is 8.66. The van der Waals surface area contributed by atoms with Crippen molar-refractivity contribution in [2.45, 2.75) is 12.8 Å². The molecule has 0 aromatic carbocycles. The number of hydrogen-bond acceptors (Lipinski definition) is 1. The molecule has 0 spiro atoms. The van der Waals surface area contributed by atoms with Crippen LogP contribution in [0.25, 0.3) is 0 Å². The van der Waals surface area contributed by atoms with Gasteiger partial charge in [0.25, 0.3) is 0 Å². The van der Waals surface area contributed by atoms with E-state index in [9.17, 15) is 0 Å². The Kier molecular flexibility index (Phi) is 1.69. The minimum absolute atomic E-state index is 0.273. The highest BCUT2D eigenvalue weighted by molar-refractivity contribution is 5.17. The topological polar surface area (TPSA) is 20.2 Å². The second-order valence-electron chi connectivity index (χ2n) is 2.24. The highest BCUT2D eigenvalue weighted by Gasteiger charge is 2.17. The van der Waals surface area contributed by atoms with Crippen LogP contribution in [-0.2, 0) is 0 Å². The molecular formula is C7H11O. The summed E-state index contributed by atoms with van der Waals surface area (Å²) < 4.78 is 0. The molecule has 1 saturated carbocycles. The quantitative estimate of drug-likeness (QED) is 0.538. The predicted octanol–water partition coefficient (Wildman–Crippen LogP) is 1.15. The van der Waals surface area contributed by atoms with E-state index in [0.29, 0.717) is 5.92 Å². The van der Waals surface area contributed by atoms with Crippen LogP contribution in [0.5, 0.6) is 0 Å². The van der Waals surface area contributed by atoms with Crippen LogP contribution < -0.4 is 0 Å². The lowest BCUT2D eigenvalue weighted by Gasteiger charge is -2.03. The van der Waals surface area contributed by atoms with E-state index in [1.807, 2.05) is 0 Å². The number of aliphatic hydroxyl groups excluding tert-OH is 1. The fourth-order valence-corrected chi connectivity index (χ4v) is 1.03. The molecule has 1 fully saturated rings. The van der Waals surface area contributed by atoms with Crippen LogP contribution in [0.3, 0.4) is 0 Å². The van der Waals surface area contributed by atoms with Crippen LogP contribution in [0.1, 0.15) is 12.8 Å². The summed E-state index contributed by atoms with van der Waals surface area (Å²) in [6.07, 6.45) is 4.29. The van der Waals surface area contributed by atoms with E-state index in [1.165, 1.54) is 0 Å². The van der Waals surface area contributed by atoms with Crippen molar-refractivity contribution < 1.29 is 5.11 Å². The van der Waals surface area contributed by atoms with Crippen LogP contribution >= 0.6 is 0 Å². The summed E-state index contributed by atoms with van der Waals surface area (Å²) in [5.74, 6) is 0.370. The first-order valence-electron chi connectivity index (χ1n) is 2.97. The molecule has 1 radical (unpaired) electrons. The molecule has 0 aromatic heterocycles. The Balaban J connectivity index is 2.42. The molecule has 0 amide bonds. The molecule has 0 aromatic rings. The average molecular weight is 111 g/mol.